The van der Waals surface area contributed by atoms with E-state index in [0.717, 1.165) is 19.0 Å². The maximum absolute atomic E-state index is 5.84. The van der Waals surface area contributed by atoms with E-state index in [1.807, 2.05) is 0 Å². The summed E-state index contributed by atoms with van der Waals surface area (Å²) in [6.45, 7) is 10.1. The van der Waals surface area contributed by atoms with Crippen molar-refractivity contribution in [2.75, 3.05) is 37.6 Å². The van der Waals surface area contributed by atoms with Crippen molar-refractivity contribution in [1.82, 2.24) is 4.90 Å². The van der Waals surface area contributed by atoms with Gasteiger partial charge in [-0.25, -0.2) is 0 Å². The fraction of sp³-hybridized carbons (Fsp3) is 0.667. The van der Waals surface area contributed by atoms with E-state index in [4.69, 9.17) is 4.74 Å². The molecule has 3 nitrogen and oxygen atoms in total. The van der Waals surface area contributed by atoms with Crippen LogP contribution in [0, 0.1) is 5.92 Å². The highest BCUT2D eigenvalue weighted by atomic mass is 79.9. The lowest BCUT2D eigenvalue weighted by molar-refractivity contribution is -0.0720. The van der Waals surface area contributed by atoms with Crippen LogP contribution in [0.4, 0.5) is 5.69 Å². The van der Waals surface area contributed by atoms with Crippen molar-refractivity contribution in [2.45, 2.75) is 38.9 Å². The van der Waals surface area contributed by atoms with Gasteiger partial charge in [0.25, 0.3) is 0 Å². The van der Waals surface area contributed by atoms with Crippen LogP contribution in [0.15, 0.2) is 28.7 Å². The normalized spacial score (nSPS) is 28.0. The van der Waals surface area contributed by atoms with Crippen LogP contribution in [-0.4, -0.2) is 49.8 Å². The zero-order valence-corrected chi connectivity index (χ0v) is 15.3. The largest absolute Gasteiger partial charge is 0.373 e. The second kappa shape index (κ2) is 7.33. The maximum atomic E-state index is 5.84. The Morgan fingerprint density at radius 2 is 1.73 bits per heavy atom. The number of halogens is 1. The molecule has 4 heteroatoms. The van der Waals surface area contributed by atoms with Gasteiger partial charge in [0.15, 0.2) is 0 Å². The molecule has 1 aromatic rings. The van der Waals surface area contributed by atoms with Gasteiger partial charge >= 0.3 is 0 Å². The first-order valence-electron chi connectivity index (χ1n) is 8.49. The number of piperidine rings is 1. The number of nitrogens with zero attached hydrogens (tertiary/aromatic N) is 2. The number of hydrogen-bond donors (Lipinski definition) is 0. The highest BCUT2D eigenvalue weighted by Crippen LogP contribution is 2.30. The van der Waals surface area contributed by atoms with Crippen LogP contribution in [0.3, 0.4) is 0 Å². The van der Waals surface area contributed by atoms with Crippen molar-refractivity contribution in [3.05, 3.63) is 28.7 Å². The molecular formula is C18H27BrN2O. The van der Waals surface area contributed by atoms with Crippen LogP contribution in [0.5, 0.6) is 0 Å². The minimum atomic E-state index is 0.379. The zero-order chi connectivity index (χ0) is 15.5. The van der Waals surface area contributed by atoms with Gasteiger partial charge in [0.2, 0.25) is 0 Å². The van der Waals surface area contributed by atoms with Gasteiger partial charge in [0, 0.05) is 37.2 Å². The summed E-state index contributed by atoms with van der Waals surface area (Å²) in [6.07, 6.45) is 3.34. The van der Waals surface area contributed by atoms with E-state index in [1.54, 1.807) is 0 Å². The van der Waals surface area contributed by atoms with Gasteiger partial charge in [0.1, 0.15) is 0 Å². The predicted octanol–water partition coefficient (Wildman–Crippen LogP) is 3.77. The molecule has 2 aliphatic heterocycles. The smallest absolute Gasteiger partial charge is 0.0678 e. The van der Waals surface area contributed by atoms with Gasteiger partial charge in [-0.1, -0.05) is 12.1 Å². The number of ether oxygens (including phenoxy) is 1. The number of rotatable bonds is 3. The number of anilines is 1. The molecule has 2 unspecified atom stereocenters. The summed E-state index contributed by atoms with van der Waals surface area (Å²) in [6, 6.07) is 8.57. The lowest BCUT2D eigenvalue weighted by atomic mass is 9.95. The summed E-state index contributed by atoms with van der Waals surface area (Å²) in [5.74, 6) is 0.830. The minimum Gasteiger partial charge on any atom is -0.373 e. The molecular weight excluding hydrogens is 340 g/mol. The summed E-state index contributed by atoms with van der Waals surface area (Å²) >= 11 is 3.68. The number of benzene rings is 1. The Kier molecular flexibility index (Phi) is 5.42. The Morgan fingerprint density at radius 1 is 1.09 bits per heavy atom. The Morgan fingerprint density at radius 3 is 2.36 bits per heavy atom. The monoisotopic (exact) mass is 366 g/mol. The Balaban J connectivity index is 1.51. The van der Waals surface area contributed by atoms with Gasteiger partial charge in [-0.2, -0.15) is 0 Å². The topological polar surface area (TPSA) is 15.7 Å². The first-order chi connectivity index (χ1) is 10.6. The SMILES string of the molecule is CC1CN(CC2CCN(c3ccccc3Br)CC2)CC(C)O1. The van der Waals surface area contributed by atoms with E-state index in [1.165, 1.54) is 42.6 Å². The molecule has 3 rings (SSSR count). The molecule has 0 spiro atoms. The lowest BCUT2D eigenvalue weighted by Gasteiger charge is -2.40. The Bertz CT molecular complexity index is 478. The predicted molar refractivity (Wildman–Crippen MR) is 95.5 cm³/mol. The molecule has 2 atom stereocenters. The molecule has 122 valence electrons. The van der Waals surface area contributed by atoms with E-state index >= 15 is 0 Å². The number of para-hydroxylation sites is 1. The molecule has 22 heavy (non-hydrogen) atoms. The summed E-state index contributed by atoms with van der Waals surface area (Å²) in [5.41, 5.74) is 1.34. The molecule has 0 N–H and O–H groups in total. The number of morpholine rings is 1. The summed E-state index contributed by atoms with van der Waals surface area (Å²) in [4.78, 5) is 5.13. The van der Waals surface area contributed by atoms with Gasteiger partial charge in [-0.05, 0) is 60.7 Å². The second-order valence-electron chi connectivity index (χ2n) is 6.86. The van der Waals surface area contributed by atoms with Crippen LogP contribution in [0.1, 0.15) is 26.7 Å². The van der Waals surface area contributed by atoms with E-state index in [0.29, 0.717) is 12.2 Å². The highest BCUT2D eigenvalue weighted by Gasteiger charge is 2.27. The fourth-order valence-corrected chi connectivity index (χ4v) is 4.40. The van der Waals surface area contributed by atoms with Crippen molar-refractivity contribution in [1.29, 1.82) is 0 Å². The first kappa shape index (κ1) is 16.3. The molecule has 1 aromatic carbocycles. The molecule has 0 aromatic heterocycles. The van der Waals surface area contributed by atoms with E-state index in [9.17, 15) is 0 Å². The fourth-order valence-electron chi connectivity index (χ4n) is 3.86. The average molecular weight is 367 g/mol. The third kappa shape index (κ3) is 4.03. The Labute approximate surface area is 142 Å². The van der Waals surface area contributed by atoms with Gasteiger partial charge in [0.05, 0.1) is 17.9 Å². The van der Waals surface area contributed by atoms with Crippen molar-refractivity contribution < 1.29 is 4.74 Å². The quantitative estimate of drug-likeness (QED) is 0.809. The highest BCUT2D eigenvalue weighted by molar-refractivity contribution is 9.10. The van der Waals surface area contributed by atoms with Crippen molar-refractivity contribution in [3.63, 3.8) is 0 Å². The van der Waals surface area contributed by atoms with Crippen LogP contribution < -0.4 is 4.90 Å². The third-order valence-electron chi connectivity index (χ3n) is 4.82. The molecule has 2 fully saturated rings. The lowest BCUT2D eigenvalue weighted by Crippen LogP contribution is -2.48. The molecule has 0 amide bonds. The van der Waals surface area contributed by atoms with Crippen LogP contribution in [0.25, 0.3) is 0 Å². The summed E-state index contributed by atoms with van der Waals surface area (Å²) in [5, 5.41) is 0. The van der Waals surface area contributed by atoms with Crippen molar-refractivity contribution in [3.8, 4) is 0 Å². The zero-order valence-electron chi connectivity index (χ0n) is 13.7. The Hall–Kier alpha value is -0.580. The van der Waals surface area contributed by atoms with Crippen LogP contribution in [-0.2, 0) is 4.74 Å². The van der Waals surface area contributed by atoms with Crippen molar-refractivity contribution in [2.24, 2.45) is 5.92 Å². The third-order valence-corrected chi connectivity index (χ3v) is 5.49. The van der Waals surface area contributed by atoms with Crippen molar-refractivity contribution >= 4 is 21.6 Å². The maximum Gasteiger partial charge on any atom is 0.0678 e. The van der Waals surface area contributed by atoms with Crippen LogP contribution in [0.2, 0.25) is 0 Å². The minimum absolute atomic E-state index is 0.379. The summed E-state index contributed by atoms with van der Waals surface area (Å²) in [7, 11) is 0. The van der Waals surface area contributed by atoms with E-state index in [-0.39, 0.29) is 0 Å². The average Bonchev–Trinajstić information content (AvgIpc) is 2.48. The van der Waals surface area contributed by atoms with Crippen LogP contribution >= 0.6 is 15.9 Å². The van der Waals surface area contributed by atoms with Gasteiger partial charge < -0.3 is 9.64 Å². The molecule has 2 aliphatic rings. The number of hydrogen-bond acceptors (Lipinski definition) is 3. The van der Waals surface area contributed by atoms with Gasteiger partial charge in [-0.3, -0.25) is 4.90 Å². The molecule has 0 aliphatic carbocycles. The van der Waals surface area contributed by atoms with E-state index < -0.39 is 0 Å². The summed E-state index contributed by atoms with van der Waals surface area (Å²) < 4.78 is 7.05. The van der Waals surface area contributed by atoms with E-state index in [2.05, 4.69) is 63.8 Å². The standard InChI is InChI=1S/C18H27BrN2O/c1-14-11-20(12-15(2)22-14)13-16-7-9-21(10-8-16)18-6-4-3-5-17(18)19/h3-6,14-16H,7-13H2,1-2H3. The van der Waals surface area contributed by atoms with Gasteiger partial charge in [-0.15, -0.1) is 0 Å². The molecule has 2 saturated heterocycles. The molecule has 0 radical (unpaired) electrons. The molecule has 2 heterocycles. The molecule has 0 saturated carbocycles. The molecule has 0 bridgehead atoms. The first-order valence-corrected chi connectivity index (χ1v) is 9.28. The second-order valence-corrected chi connectivity index (χ2v) is 7.71.